The van der Waals surface area contributed by atoms with Crippen LogP contribution in [0.1, 0.15) is 38.9 Å². The molecule has 0 aromatic heterocycles. The van der Waals surface area contributed by atoms with E-state index in [0.29, 0.717) is 0 Å². The molecule has 0 unspecified atom stereocenters. The molecule has 0 saturated heterocycles. The summed E-state index contributed by atoms with van der Waals surface area (Å²) in [6, 6.07) is 49.8. The summed E-state index contributed by atoms with van der Waals surface area (Å²) in [5, 5.41) is 0. The van der Waals surface area contributed by atoms with Gasteiger partial charge >= 0.3 is 0 Å². The zero-order chi connectivity index (χ0) is 27.7. The van der Waals surface area contributed by atoms with Crippen molar-refractivity contribution in [2.24, 2.45) is 0 Å². The second-order valence-electron chi connectivity index (χ2n) is 11.5. The molecule has 0 N–H and O–H groups in total. The van der Waals surface area contributed by atoms with Crippen molar-refractivity contribution < 1.29 is 0 Å². The molecule has 2 aliphatic rings. The topological polar surface area (TPSA) is 3.24 Å². The summed E-state index contributed by atoms with van der Waals surface area (Å²) in [6.45, 7) is 6.54. The molecule has 0 saturated carbocycles. The molecule has 1 spiro atoms. The first kappa shape index (κ1) is 24.0. The van der Waals surface area contributed by atoms with Crippen LogP contribution in [0.5, 0.6) is 0 Å². The van der Waals surface area contributed by atoms with Gasteiger partial charge < -0.3 is 4.90 Å². The third-order valence-corrected chi connectivity index (χ3v) is 9.28. The Bertz CT molecular complexity index is 1930. The van der Waals surface area contributed by atoms with Gasteiger partial charge in [-0.1, -0.05) is 109 Å². The first-order valence-corrected chi connectivity index (χ1v) is 14.5. The highest BCUT2D eigenvalue weighted by molar-refractivity contribution is 6.01. The van der Waals surface area contributed by atoms with Crippen LogP contribution in [-0.2, 0) is 5.41 Å². The third kappa shape index (κ3) is 3.24. The Morgan fingerprint density at radius 2 is 0.976 bits per heavy atom. The van der Waals surface area contributed by atoms with E-state index in [4.69, 9.17) is 0 Å². The number of hydrogen-bond donors (Lipinski definition) is 0. The average Bonchev–Trinajstić information content (AvgIpc) is 3.48. The molecule has 0 radical (unpaired) electrons. The summed E-state index contributed by atoms with van der Waals surface area (Å²) >= 11 is 0. The maximum Gasteiger partial charge on any atom is 0.0726 e. The molecule has 0 heterocycles. The molecule has 0 bridgehead atoms. The fourth-order valence-electron chi connectivity index (χ4n) is 7.30. The molecule has 6 aromatic carbocycles. The van der Waals surface area contributed by atoms with Gasteiger partial charge in [0.2, 0.25) is 0 Å². The zero-order valence-electron chi connectivity index (χ0n) is 23.6. The van der Waals surface area contributed by atoms with Crippen LogP contribution >= 0.6 is 0 Å². The molecule has 2 aliphatic carbocycles. The normalized spacial score (nSPS) is 13.4. The van der Waals surface area contributed by atoms with Crippen LogP contribution < -0.4 is 4.90 Å². The number of rotatable bonds is 3. The van der Waals surface area contributed by atoms with E-state index >= 15 is 0 Å². The van der Waals surface area contributed by atoms with Gasteiger partial charge in [0, 0.05) is 16.9 Å². The predicted octanol–water partition coefficient (Wildman–Crippen LogP) is 10.4. The molecule has 0 aliphatic heterocycles. The highest BCUT2D eigenvalue weighted by Crippen LogP contribution is 2.64. The van der Waals surface area contributed by atoms with Crippen molar-refractivity contribution in [2.75, 3.05) is 4.90 Å². The minimum atomic E-state index is -0.350. The Hall–Kier alpha value is -4.88. The Morgan fingerprint density at radius 3 is 1.61 bits per heavy atom. The molecule has 41 heavy (non-hydrogen) atoms. The Labute approximate surface area is 242 Å². The van der Waals surface area contributed by atoms with E-state index in [9.17, 15) is 0 Å². The van der Waals surface area contributed by atoms with Crippen LogP contribution in [-0.4, -0.2) is 0 Å². The number of nitrogens with zero attached hydrogens (tertiary/aromatic N) is 1. The lowest BCUT2D eigenvalue weighted by molar-refractivity contribution is 0.794. The van der Waals surface area contributed by atoms with E-state index in [1.807, 2.05) is 0 Å². The second-order valence-corrected chi connectivity index (χ2v) is 11.5. The SMILES string of the molecule is Cc1ccc(N(c2ccc(C)c(C)c2)c2cccc3c2-c2ccccc2C32c3ccccc3-c3ccccc32)cc1. The van der Waals surface area contributed by atoms with Crippen molar-refractivity contribution in [2.45, 2.75) is 26.2 Å². The van der Waals surface area contributed by atoms with Gasteiger partial charge in [0.15, 0.2) is 0 Å². The van der Waals surface area contributed by atoms with Crippen LogP contribution in [0, 0.1) is 20.8 Å². The van der Waals surface area contributed by atoms with Gasteiger partial charge in [-0.15, -0.1) is 0 Å². The van der Waals surface area contributed by atoms with Crippen molar-refractivity contribution >= 4 is 17.1 Å². The third-order valence-electron chi connectivity index (χ3n) is 9.28. The minimum absolute atomic E-state index is 0.350. The van der Waals surface area contributed by atoms with Gasteiger partial charge in [-0.2, -0.15) is 0 Å². The van der Waals surface area contributed by atoms with Gasteiger partial charge in [0.25, 0.3) is 0 Å². The molecule has 1 nitrogen and oxygen atoms in total. The predicted molar refractivity (Wildman–Crippen MR) is 172 cm³/mol. The van der Waals surface area contributed by atoms with Crippen LogP contribution in [0.25, 0.3) is 22.3 Å². The van der Waals surface area contributed by atoms with Crippen molar-refractivity contribution in [3.8, 4) is 22.3 Å². The molecule has 1 heteroatoms. The zero-order valence-corrected chi connectivity index (χ0v) is 23.6. The van der Waals surface area contributed by atoms with Crippen molar-refractivity contribution in [1.82, 2.24) is 0 Å². The van der Waals surface area contributed by atoms with E-state index in [0.717, 1.165) is 5.69 Å². The summed E-state index contributed by atoms with van der Waals surface area (Å²) in [4.78, 5) is 2.45. The molecule has 8 rings (SSSR count). The first-order valence-electron chi connectivity index (χ1n) is 14.5. The monoisotopic (exact) mass is 525 g/mol. The van der Waals surface area contributed by atoms with E-state index < -0.39 is 0 Å². The number of aryl methyl sites for hydroxylation is 3. The summed E-state index contributed by atoms with van der Waals surface area (Å²) in [6.07, 6.45) is 0. The van der Waals surface area contributed by atoms with Crippen LogP contribution in [0.2, 0.25) is 0 Å². The fraction of sp³-hybridized carbons (Fsp3) is 0.100. The Balaban J connectivity index is 1.48. The lowest BCUT2D eigenvalue weighted by Crippen LogP contribution is -2.26. The minimum Gasteiger partial charge on any atom is -0.310 e. The quantitative estimate of drug-likeness (QED) is 0.222. The van der Waals surface area contributed by atoms with E-state index in [-0.39, 0.29) is 5.41 Å². The summed E-state index contributed by atoms with van der Waals surface area (Å²) in [5.74, 6) is 0. The highest BCUT2D eigenvalue weighted by Gasteiger charge is 2.52. The maximum absolute atomic E-state index is 2.45. The average molecular weight is 526 g/mol. The van der Waals surface area contributed by atoms with E-state index in [2.05, 4.69) is 159 Å². The largest absolute Gasteiger partial charge is 0.310 e. The number of hydrogen-bond acceptors (Lipinski definition) is 1. The van der Waals surface area contributed by atoms with Crippen LogP contribution in [0.4, 0.5) is 17.1 Å². The number of fused-ring (bicyclic) bond motifs is 10. The molecular weight excluding hydrogens is 494 g/mol. The Kier molecular flexibility index (Phi) is 5.15. The van der Waals surface area contributed by atoms with Gasteiger partial charge in [-0.05, 0) is 101 Å². The number of benzene rings is 6. The second kappa shape index (κ2) is 8.81. The molecule has 0 fully saturated rings. The summed E-state index contributed by atoms with van der Waals surface area (Å²) in [7, 11) is 0. The molecule has 6 aromatic rings. The molecular formula is C40H31N. The summed E-state index contributed by atoms with van der Waals surface area (Å²) < 4.78 is 0. The van der Waals surface area contributed by atoms with Gasteiger partial charge in [-0.3, -0.25) is 0 Å². The maximum atomic E-state index is 2.45. The van der Waals surface area contributed by atoms with Gasteiger partial charge in [0.1, 0.15) is 0 Å². The smallest absolute Gasteiger partial charge is 0.0726 e. The van der Waals surface area contributed by atoms with Gasteiger partial charge in [-0.25, -0.2) is 0 Å². The highest BCUT2D eigenvalue weighted by atomic mass is 15.1. The van der Waals surface area contributed by atoms with Crippen molar-refractivity contribution in [3.63, 3.8) is 0 Å². The molecule has 196 valence electrons. The fourth-order valence-corrected chi connectivity index (χ4v) is 7.30. The first-order chi connectivity index (χ1) is 20.1. The lowest BCUT2D eigenvalue weighted by Gasteiger charge is -2.32. The lowest BCUT2D eigenvalue weighted by atomic mass is 9.70. The number of anilines is 3. The molecule has 0 amide bonds. The van der Waals surface area contributed by atoms with Gasteiger partial charge in [0.05, 0.1) is 11.1 Å². The standard InChI is InChI=1S/C40H31N/c1-26-19-22-29(23-20-26)41(30-24-21-27(2)28(3)25-30)38-18-10-17-37-39(38)33-13-6-9-16-36(33)40(37)34-14-7-4-11-31(34)32-12-5-8-15-35(32)40/h4-25H,1-3H3. The van der Waals surface area contributed by atoms with Crippen molar-refractivity contribution in [3.05, 3.63) is 172 Å². The molecule has 0 atom stereocenters. The van der Waals surface area contributed by atoms with Crippen LogP contribution in [0.15, 0.2) is 133 Å². The Morgan fingerprint density at radius 1 is 0.439 bits per heavy atom. The van der Waals surface area contributed by atoms with E-state index in [1.165, 1.54) is 72.6 Å². The van der Waals surface area contributed by atoms with E-state index in [1.54, 1.807) is 0 Å². The van der Waals surface area contributed by atoms with Crippen LogP contribution in [0.3, 0.4) is 0 Å². The summed E-state index contributed by atoms with van der Waals surface area (Å²) in [5.41, 5.74) is 17.8. The van der Waals surface area contributed by atoms with Crippen molar-refractivity contribution in [1.29, 1.82) is 0 Å².